The van der Waals surface area contributed by atoms with Gasteiger partial charge in [0.25, 0.3) is 0 Å². The van der Waals surface area contributed by atoms with Crippen LogP contribution in [0.15, 0.2) is 42.5 Å². The Morgan fingerprint density at radius 1 is 1.32 bits per heavy atom. The lowest BCUT2D eigenvalue weighted by Gasteiger charge is -2.24. The van der Waals surface area contributed by atoms with Crippen LogP contribution in [0.1, 0.15) is 18.9 Å². The second kappa shape index (κ2) is 8.59. The van der Waals surface area contributed by atoms with Crippen molar-refractivity contribution in [3.05, 3.63) is 48.0 Å². The molecule has 1 aliphatic rings. The number of benzene rings is 1. The van der Waals surface area contributed by atoms with E-state index in [4.69, 9.17) is 0 Å². The molecule has 0 bridgehead atoms. The van der Waals surface area contributed by atoms with Gasteiger partial charge in [0.2, 0.25) is 0 Å². The summed E-state index contributed by atoms with van der Waals surface area (Å²) in [7, 11) is 2.10. The number of amides is 2. The van der Waals surface area contributed by atoms with Crippen LogP contribution in [0.3, 0.4) is 0 Å². The molecule has 4 heteroatoms. The van der Waals surface area contributed by atoms with Gasteiger partial charge < -0.3 is 15.1 Å². The molecule has 1 unspecified atom stereocenters. The lowest BCUT2D eigenvalue weighted by molar-refractivity contribution is 0.194. The summed E-state index contributed by atoms with van der Waals surface area (Å²) in [4.78, 5) is 16.3. The van der Waals surface area contributed by atoms with Crippen molar-refractivity contribution in [2.75, 3.05) is 33.2 Å². The first kappa shape index (κ1) is 16.6. The maximum Gasteiger partial charge on any atom is 0.318 e. The van der Waals surface area contributed by atoms with Gasteiger partial charge >= 0.3 is 6.03 Å². The van der Waals surface area contributed by atoms with Gasteiger partial charge in [0, 0.05) is 26.2 Å². The Bertz CT molecular complexity index is 486. The molecule has 0 fully saturated rings. The van der Waals surface area contributed by atoms with E-state index < -0.39 is 0 Å². The molecule has 0 aliphatic carbocycles. The fraction of sp³-hybridized carbons (Fsp3) is 0.500. The second-order valence-corrected chi connectivity index (χ2v) is 5.83. The van der Waals surface area contributed by atoms with Crippen molar-refractivity contribution in [1.82, 2.24) is 15.1 Å². The van der Waals surface area contributed by atoms with Crippen molar-refractivity contribution in [3.63, 3.8) is 0 Å². The molecule has 1 heterocycles. The highest BCUT2D eigenvalue weighted by atomic mass is 16.2. The molecule has 1 aliphatic heterocycles. The van der Waals surface area contributed by atoms with Gasteiger partial charge in [-0.05, 0) is 25.5 Å². The fourth-order valence-electron chi connectivity index (χ4n) is 2.69. The molecule has 1 N–H and O–H groups in total. The van der Waals surface area contributed by atoms with Crippen molar-refractivity contribution in [2.45, 2.75) is 25.8 Å². The van der Waals surface area contributed by atoms with Gasteiger partial charge in [-0.3, -0.25) is 0 Å². The second-order valence-electron chi connectivity index (χ2n) is 5.83. The number of carbonyl (C=O) groups is 1. The Hall–Kier alpha value is -1.81. The van der Waals surface area contributed by atoms with Crippen molar-refractivity contribution in [3.8, 4) is 0 Å². The standard InChI is InChI=1S/C18H27N3O/c1-3-17-10-7-13-21(17)18(22)19-12-15-20(2)14-11-16-8-5-4-6-9-16/h4-10,17H,3,11-15H2,1-2H3,(H,19,22). The lowest BCUT2D eigenvalue weighted by atomic mass is 10.1. The Labute approximate surface area is 133 Å². The Morgan fingerprint density at radius 3 is 2.82 bits per heavy atom. The van der Waals surface area contributed by atoms with Crippen molar-refractivity contribution in [1.29, 1.82) is 0 Å². The predicted molar refractivity (Wildman–Crippen MR) is 91.0 cm³/mol. The molecular formula is C18H27N3O. The SMILES string of the molecule is CCC1C=CCN1C(=O)NCCN(C)CCc1ccccc1. The third-order valence-corrected chi connectivity index (χ3v) is 4.13. The number of urea groups is 1. The molecule has 0 radical (unpaired) electrons. The van der Waals surface area contributed by atoms with Crippen LogP contribution in [-0.4, -0.2) is 55.1 Å². The quantitative estimate of drug-likeness (QED) is 0.786. The lowest BCUT2D eigenvalue weighted by Crippen LogP contribution is -2.45. The molecule has 0 spiro atoms. The van der Waals surface area contributed by atoms with Crippen LogP contribution in [0.4, 0.5) is 4.79 Å². The molecule has 1 aromatic carbocycles. The van der Waals surface area contributed by atoms with Gasteiger partial charge in [-0.15, -0.1) is 0 Å². The van der Waals surface area contributed by atoms with Crippen LogP contribution in [0.25, 0.3) is 0 Å². The van der Waals surface area contributed by atoms with E-state index in [1.54, 1.807) is 0 Å². The minimum Gasteiger partial charge on any atom is -0.337 e. The zero-order chi connectivity index (χ0) is 15.8. The smallest absolute Gasteiger partial charge is 0.318 e. The minimum atomic E-state index is 0.0494. The van der Waals surface area contributed by atoms with Crippen molar-refractivity contribution < 1.29 is 4.79 Å². The summed E-state index contributed by atoms with van der Waals surface area (Å²) in [5.74, 6) is 0. The average Bonchev–Trinajstić information content (AvgIpc) is 3.02. The van der Waals surface area contributed by atoms with Gasteiger partial charge in [0.1, 0.15) is 0 Å². The van der Waals surface area contributed by atoms with Gasteiger partial charge in [0.15, 0.2) is 0 Å². The minimum absolute atomic E-state index is 0.0494. The van der Waals surface area contributed by atoms with Crippen LogP contribution < -0.4 is 5.32 Å². The first-order chi connectivity index (χ1) is 10.7. The average molecular weight is 301 g/mol. The summed E-state index contributed by atoms with van der Waals surface area (Å²) in [6, 6.07) is 10.8. The topological polar surface area (TPSA) is 35.6 Å². The maximum atomic E-state index is 12.1. The number of carbonyl (C=O) groups excluding carboxylic acids is 1. The molecule has 1 aromatic rings. The summed E-state index contributed by atoms with van der Waals surface area (Å²) >= 11 is 0. The molecule has 2 amide bonds. The first-order valence-electron chi connectivity index (χ1n) is 8.14. The van der Waals surface area contributed by atoms with E-state index >= 15 is 0 Å². The number of hydrogen-bond acceptors (Lipinski definition) is 2. The van der Waals surface area contributed by atoms with E-state index in [0.717, 1.165) is 32.5 Å². The van der Waals surface area contributed by atoms with E-state index in [9.17, 15) is 4.79 Å². The molecule has 22 heavy (non-hydrogen) atoms. The molecule has 2 rings (SSSR count). The van der Waals surface area contributed by atoms with Crippen LogP contribution >= 0.6 is 0 Å². The van der Waals surface area contributed by atoms with Gasteiger partial charge in [0.05, 0.1) is 6.04 Å². The Balaban J connectivity index is 1.62. The van der Waals surface area contributed by atoms with Crippen LogP contribution in [-0.2, 0) is 6.42 Å². The Morgan fingerprint density at radius 2 is 2.09 bits per heavy atom. The summed E-state index contributed by atoms with van der Waals surface area (Å²) in [5.41, 5.74) is 1.35. The highest BCUT2D eigenvalue weighted by Crippen LogP contribution is 2.12. The number of likely N-dealkylation sites (N-methyl/N-ethyl adjacent to an activating group) is 1. The summed E-state index contributed by atoms with van der Waals surface area (Å²) in [6.07, 6.45) is 6.20. The summed E-state index contributed by atoms with van der Waals surface area (Å²) in [5, 5.41) is 3.02. The highest BCUT2D eigenvalue weighted by Gasteiger charge is 2.22. The first-order valence-corrected chi connectivity index (χ1v) is 8.14. The summed E-state index contributed by atoms with van der Waals surface area (Å²) < 4.78 is 0. The number of nitrogens with one attached hydrogen (secondary N) is 1. The van der Waals surface area contributed by atoms with Crippen LogP contribution in [0.5, 0.6) is 0 Å². The molecule has 4 nitrogen and oxygen atoms in total. The van der Waals surface area contributed by atoms with E-state index in [-0.39, 0.29) is 12.1 Å². The number of hydrogen-bond donors (Lipinski definition) is 1. The Kier molecular flexibility index (Phi) is 6.46. The molecule has 0 saturated carbocycles. The van der Waals surface area contributed by atoms with Gasteiger partial charge in [-0.25, -0.2) is 4.79 Å². The maximum absolute atomic E-state index is 12.1. The molecule has 0 saturated heterocycles. The van der Waals surface area contributed by atoms with Crippen LogP contribution in [0, 0.1) is 0 Å². The number of nitrogens with zero attached hydrogens (tertiary/aromatic N) is 2. The largest absolute Gasteiger partial charge is 0.337 e. The normalized spacial score (nSPS) is 17.2. The zero-order valence-corrected chi connectivity index (χ0v) is 13.7. The molecule has 120 valence electrons. The third kappa shape index (κ3) is 4.88. The monoisotopic (exact) mass is 301 g/mol. The van der Waals surface area contributed by atoms with Gasteiger partial charge in [-0.1, -0.05) is 49.4 Å². The van der Waals surface area contributed by atoms with E-state index in [2.05, 4.69) is 60.6 Å². The zero-order valence-electron chi connectivity index (χ0n) is 13.7. The third-order valence-electron chi connectivity index (χ3n) is 4.13. The fourth-order valence-corrected chi connectivity index (χ4v) is 2.69. The van der Waals surface area contributed by atoms with Gasteiger partial charge in [-0.2, -0.15) is 0 Å². The van der Waals surface area contributed by atoms with Crippen molar-refractivity contribution >= 4 is 6.03 Å². The molecular weight excluding hydrogens is 274 g/mol. The van der Waals surface area contributed by atoms with E-state index in [1.165, 1.54) is 5.56 Å². The summed E-state index contributed by atoms with van der Waals surface area (Å²) in [6.45, 7) is 5.41. The predicted octanol–water partition coefficient (Wildman–Crippen LogP) is 2.52. The van der Waals surface area contributed by atoms with E-state index in [0.29, 0.717) is 6.54 Å². The van der Waals surface area contributed by atoms with E-state index in [1.807, 2.05) is 11.0 Å². The van der Waals surface area contributed by atoms with Crippen LogP contribution in [0.2, 0.25) is 0 Å². The number of rotatable bonds is 7. The molecule has 1 atom stereocenters. The molecule has 0 aromatic heterocycles. The van der Waals surface area contributed by atoms with Crippen molar-refractivity contribution in [2.24, 2.45) is 0 Å². The highest BCUT2D eigenvalue weighted by molar-refractivity contribution is 5.75.